The molecule has 0 aliphatic heterocycles. The third kappa shape index (κ3) is 12.1. The summed E-state index contributed by atoms with van der Waals surface area (Å²) in [6.45, 7) is 4.40. The van der Waals surface area contributed by atoms with Gasteiger partial charge in [0.1, 0.15) is 0 Å². The van der Waals surface area contributed by atoms with Crippen LogP contribution in [0.15, 0.2) is 0 Å². The average molecular weight is 265 g/mol. The first kappa shape index (κ1) is 13.1. The molecule has 0 nitrogen and oxygen atoms in total. The van der Waals surface area contributed by atoms with Crippen LogP contribution in [0.2, 0.25) is 0 Å². The molecule has 68 valence electrons. The van der Waals surface area contributed by atoms with Crippen LogP contribution in [0.3, 0.4) is 0 Å². The van der Waals surface area contributed by atoms with Crippen LogP contribution in [-0.4, -0.2) is 11.5 Å². The van der Waals surface area contributed by atoms with Crippen molar-refractivity contribution in [2.24, 2.45) is 0 Å². The van der Waals surface area contributed by atoms with Gasteiger partial charge in [-0.3, -0.25) is 0 Å². The molecule has 0 radical (unpaired) electrons. The molecule has 11 heavy (non-hydrogen) atoms. The number of hydrogen-bond acceptors (Lipinski definition) is 6. The van der Waals surface area contributed by atoms with Crippen molar-refractivity contribution in [3.8, 4) is 0 Å². The normalized spacial score (nSPS) is 10.4. The Labute approximate surface area is 91.9 Å². The van der Waals surface area contributed by atoms with Crippen molar-refractivity contribution in [1.82, 2.24) is 0 Å². The van der Waals surface area contributed by atoms with Crippen molar-refractivity contribution in [3.05, 3.63) is 0 Å². The Morgan fingerprint density at radius 3 is 2.00 bits per heavy atom. The molecule has 0 heterocycles. The number of hydrogen-bond donors (Lipinski definition) is 0. The van der Waals surface area contributed by atoms with Gasteiger partial charge in [0.25, 0.3) is 0 Å². The van der Waals surface area contributed by atoms with Gasteiger partial charge < -0.3 is 0 Å². The Hall–Kier alpha value is 2.10. The highest BCUT2D eigenvalue weighted by Crippen LogP contribution is 2.52. The van der Waals surface area contributed by atoms with Gasteiger partial charge in [0.15, 0.2) is 0 Å². The average Bonchev–Trinajstić information content (AvgIpc) is 2.03. The Morgan fingerprint density at radius 2 is 1.45 bits per heavy atom. The molecule has 0 fully saturated rings. The van der Waals surface area contributed by atoms with Crippen molar-refractivity contribution in [2.45, 2.75) is 20.3 Å². The minimum atomic E-state index is 1.20. The third-order valence-corrected chi connectivity index (χ3v) is 11.8. The second kappa shape index (κ2) is 12.1. The molecule has 0 aliphatic rings. The van der Waals surface area contributed by atoms with Crippen LogP contribution in [0.4, 0.5) is 0 Å². The van der Waals surface area contributed by atoms with Crippen molar-refractivity contribution in [1.29, 1.82) is 0 Å². The standard InChI is InChI=1S/C5H12S6/c1-3-5-7-9-11-10-8-6-4-2/h3-5H2,1-2H3. The molecule has 0 aliphatic carbocycles. The lowest BCUT2D eigenvalue weighted by Gasteiger charge is -1.96. The maximum atomic E-state index is 2.22. The molecule has 0 saturated heterocycles. The Kier molecular flexibility index (Phi) is 14.4. The molecule has 0 amide bonds. The van der Waals surface area contributed by atoms with Gasteiger partial charge in [0.05, 0.1) is 0 Å². The second-order valence-electron chi connectivity index (χ2n) is 1.50. The van der Waals surface area contributed by atoms with Crippen LogP contribution in [0.1, 0.15) is 20.3 Å². The summed E-state index contributed by atoms with van der Waals surface area (Å²) in [6, 6.07) is 0. The molecule has 0 saturated carbocycles. The summed E-state index contributed by atoms with van der Waals surface area (Å²) in [6.07, 6.45) is 1.28. The van der Waals surface area contributed by atoms with E-state index in [4.69, 9.17) is 0 Å². The fraction of sp³-hybridized carbons (Fsp3) is 1.00. The van der Waals surface area contributed by atoms with E-state index in [9.17, 15) is 0 Å². The van der Waals surface area contributed by atoms with E-state index in [-0.39, 0.29) is 0 Å². The molecule has 0 bridgehead atoms. The highest BCUT2D eigenvalue weighted by molar-refractivity contribution is 9.41. The van der Waals surface area contributed by atoms with Gasteiger partial charge in [-0.25, -0.2) is 0 Å². The molecule has 6 heteroatoms. The molecule has 0 unspecified atom stereocenters. The molecule has 0 spiro atoms. The Bertz CT molecular complexity index is 60.0. The molecular weight excluding hydrogens is 252 g/mol. The van der Waals surface area contributed by atoms with Crippen LogP contribution in [-0.2, 0) is 0 Å². The van der Waals surface area contributed by atoms with Gasteiger partial charge >= 0.3 is 0 Å². The first-order valence-corrected chi connectivity index (χ1v) is 11.1. The lowest BCUT2D eigenvalue weighted by Crippen LogP contribution is -1.63. The third-order valence-electron chi connectivity index (χ3n) is 0.585. The summed E-state index contributed by atoms with van der Waals surface area (Å²) < 4.78 is 0. The lowest BCUT2D eigenvalue weighted by atomic mass is 10.6. The monoisotopic (exact) mass is 264 g/mol. The topological polar surface area (TPSA) is 0 Å². The summed E-state index contributed by atoms with van der Waals surface area (Å²) in [5.74, 6) is 2.47. The van der Waals surface area contributed by atoms with Crippen molar-refractivity contribution in [2.75, 3.05) is 11.5 Å². The summed E-state index contributed by atoms with van der Waals surface area (Å²) >= 11 is 0. The Balaban J connectivity index is 2.69. The predicted molar refractivity (Wildman–Crippen MR) is 71.2 cm³/mol. The summed E-state index contributed by atoms with van der Waals surface area (Å²) in [5.41, 5.74) is 0. The zero-order valence-electron chi connectivity index (χ0n) is 6.57. The molecule has 0 aromatic rings. The molecule has 0 rings (SSSR count). The zero-order valence-corrected chi connectivity index (χ0v) is 11.5. The maximum absolute atomic E-state index is 2.22. The Morgan fingerprint density at radius 1 is 0.818 bits per heavy atom. The van der Waals surface area contributed by atoms with E-state index >= 15 is 0 Å². The zero-order chi connectivity index (χ0) is 8.36. The van der Waals surface area contributed by atoms with Gasteiger partial charge in [0, 0.05) is 11.5 Å². The van der Waals surface area contributed by atoms with Crippen LogP contribution in [0, 0.1) is 0 Å². The molecular formula is C5H12S6. The summed E-state index contributed by atoms with van der Waals surface area (Å²) in [4.78, 5) is 0. The van der Waals surface area contributed by atoms with Crippen molar-refractivity contribution in [3.63, 3.8) is 0 Å². The lowest BCUT2D eigenvalue weighted by molar-refractivity contribution is 1.11. The SMILES string of the molecule is CCCSSSSSSCC. The van der Waals surface area contributed by atoms with Gasteiger partial charge in [-0.15, -0.1) is 0 Å². The van der Waals surface area contributed by atoms with Gasteiger partial charge in [0.2, 0.25) is 0 Å². The van der Waals surface area contributed by atoms with E-state index in [2.05, 4.69) is 13.8 Å². The van der Waals surface area contributed by atoms with Crippen molar-refractivity contribution >= 4 is 60.9 Å². The molecule has 0 aromatic carbocycles. The van der Waals surface area contributed by atoms with Crippen LogP contribution in [0.5, 0.6) is 0 Å². The van der Waals surface area contributed by atoms with Gasteiger partial charge in [-0.05, 0) is 45.7 Å². The fourth-order valence-electron chi connectivity index (χ4n) is 0.227. The van der Waals surface area contributed by atoms with Crippen LogP contribution >= 0.6 is 60.9 Å². The second-order valence-corrected chi connectivity index (χ2v) is 11.4. The molecule has 0 N–H and O–H groups in total. The van der Waals surface area contributed by atoms with E-state index < -0.39 is 0 Å². The van der Waals surface area contributed by atoms with E-state index in [1.807, 2.05) is 60.9 Å². The quantitative estimate of drug-likeness (QED) is 0.423. The first-order chi connectivity index (χ1) is 5.41. The smallest absolute Gasteiger partial charge is 0.00428 e. The molecule has 0 atom stereocenters. The minimum absolute atomic E-state index is 1.20. The van der Waals surface area contributed by atoms with Crippen molar-refractivity contribution < 1.29 is 0 Å². The van der Waals surface area contributed by atoms with E-state index in [1.54, 1.807) is 0 Å². The number of rotatable bonds is 8. The predicted octanol–water partition coefficient (Wildman–Crippen LogP) is 5.39. The maximum Gasteiger partial charge on any atom is 0.00428 e. The minimum Gasteiger partial charge on any atom is -0.0820 e. The first-order valence-electron chi connectivity index (χ1n) is 3.32. The van der Waals surface area contributed by atoms with E-state index in [1.165, 1.54) is 17.9 Å². The van der Waals surface area contributed by atoms with Gasteiger partial charge in [-0.1, -0.05) is 35.4 Å². The van der Waals surface area contributed by atoms with Crippen LogP contribution in [0.25, 0.3) is 0 Å². The van der Waals surface area contributed by atoms with Gasteiger partial charge in [-0.2, -0.15) is 0 Å². The summed E-state index contributed by atoms with van der Waals surface area (Å²) in [5, 5.41) is 0. The van der Waals surface area contributed by atoms with E-state index in [0.29, 0.717) is 0 Å². The summed E-state index contributed by atoms with van der Waals surface area (Å²) in [7, 11) is 11.4. The highest BCUT2D eigenvalue weighted by atomic mass is 33.9. The van der Waals surface area contributed by atoms with E-state index in [0.717, 1.165) is 0 Å². The highest BCUT2D eigenvalue weighted by Gasteiger charge is 1.92. The van der Waals surface area contributed by atoms with Crippen LogP contribution < -0.4 is 0 Å². The fourth-order valence-corrected chi connectivity index (χ4v) is 11.7. The molecule has 0 aromatic heterocycles. The largest absolute Gasteiger partial charge is 0.0820 e.